The third kappa shape index (κ3) is 3.24. The van der Waals surface area contributed by atoms with Gasteiger partial charge in [0, 0.05) is 11.3 Å². The zero-order valence-corrected chi connectivity index (χ0v) is 15.6. The minimum Gasteiger partial charge on any atom is -0.321 e. The van der Waals surface area contributed by atoms with Gasteiger partial charge in [0.2, 0.25) is 4.96 Å². The molecule has 0 aliphatic carbocycles. The van der Waals surface area contributed by atoms with Crippen molar-refractivity contribution in [2.75, 3.05) is 5.32 Å². The lowest BCUT2D eigenvalue weighted by Gasteiger charge is -2.09. The molecular weight excluding hydrogens is 360 g/mol. The number of amides is 1. The number of rotatable bonds is 3. The molecule has 0 unspecified atom stereocenters. The highest BCUT2D eigenvalue weighted by Crippen LogP contribution is 2.21. The first-order chi connectivity index (χ1) is 13.0. The molecule has 0 fully saturated rings. The van der Waals surface area contributed by atoms with E-state index in [1.807, 2.05) is 50.2 Å². The van der Waals surface area contributed by atoms with Gasteiger partial charge < -0.3 is 5.32 Å². The monoisotopic (exact) mass is 376 g/mol. The first-order valence-corrected chi connectivity index (χ1v) is 9.18. The van der Waals surface area contributed by atoms with Crippen molar-refractivity contribution in [1.82, 2.24) is 14.6 Å². The number of nitrogens with one attached hydrogen (secondary N) is 1. The van der Waals surface area contributed by atoms with Gasteiger partial charge in [0.15, 0.2) is 5.69 Å². The number of benzene rings is 2. The molecule has 0 atom stereocenters. The van der Waals surface area contributed by atoms with Crippen LogP contribution < -0.4 is 10.9 Å². The topological polar surface area (TPSA) is 76.4 Å². The summed E-state index contributed by atoms with van der Waals surface area (Å²) >= 11 is 1.13. The number of aryl methyl sites for hydroxylation is 1. The highest BCUT2D eigenvalue weighted by Gasteiger charge is 2.15. The summed E-state index contributed by atoms with van der Waals surface area (Å²) in [6.07, 6.45) is 1.60. The molecule has 4 rings (SSSR count). The molecule has 1 N–H and O–H groups in total. The summed E-state index contributed by atoms with van der Waals surface area (Å²) in [5.41, 5.74) is 3.42. The Hall–Kier alpha value is -3.32. The second-order valence-corrected chi connectivity index (χ2v) is 7.16. The van der Waals surface area contributed by atoms with E-state index in [-0.39, 0.29) is 11.6 Å². The summed E-state index contributed by atoms with van der Waals surface area (Å²) in [6.45, 7) is 3.96. The maximum Gasteiger partial charge on any atom is 0.300 e. The molecule has 2 aromatic carbocycles. The fourth-order valence-corrected chi connectivity index (χ4v) is 3.53. The largest absolute Gasteiger partial charge is 0.321 e. The molecule has 27 heavy (non-hydrogen) atoms. The van der Waals surface area contributed by atoms with Crippen LogP contribution >= 0.6 is 11.3 Å². The lowest BCUT2D eigenvalue weighted by atomic mass is 10.1. The third-order valence-corrected chi connectivity index (χ3v) is 5.34. The third-order valence-electron chi connectivity index (χ3n) is 4.37. The van der Waals surface area contributed by atoms with Gasteiger partial charge >= 0.3 is 5.56 Å². The molecule has 134 valence electrons. The molecular formula is C20H16N4O2S. The van der Waals surface area contributed by atoms with E-state index in [1.165, 1.54) is 4.52 Å². The Balaban J connectivity index is 1.70. The number of nitrogens with zero attached hydrogens (tertiary/aromatic N) is 3. The van der Waals surface area contributed by atoms with Gasteiger partial charge in [-0.15, -0.1) is 0 Å². The highest BCUT2D eigenvalue weighted by atomic mass is 32.1. The van der Waals surface area contributed by atoms with Crippen LogP contribution in [0.2, 0.25) is 0 Å². The summed E-state index contributed by atoms with van der Waals surface area (Å²) in [5, 5.41) is 7.27. The fraction of sp³-hybridized carbons (Fsp3) is 0.100. The Morgan fingerprint density at radius 3 is 2.63 bits per heavy atom. The number of hydrogen-bond acceptors (Lipinski definition) is 5. The first-order valence-electron chi connectivity index (χ1n) is 8.36. The average molecular weight is 376 g/mol. The molecule has 4 aromatic rings. The minimum atomic E-state index is -0.412. The van der Waals surface area contributed by atoms with Crippen LogP contribution in [-0.4, -0.2) is 20.5 Å². The van der Waals surface area contributed by atoms with Crippen LogP contribution in [0.5, 0.6) is 0 Å². The molecule has 2 aromatic heterocycles. The standard InChI is InChI=1S/C20H16N4O2S/c1-12-7-6-10-15(13(12)2)21-18(25)16-11-24-20(27-16)22-19(26)17(23-24)14-8-4-3-5-9-14/h3-11H,1-2H3,(H,21,25). The van der Waals surface area contributed by atoms with Crippen LogP contribution in [0.15, 0.2) is 59.5 Å². The van der Waals surface area contributed by atoms with Crippen LogP contribution in [0.1, 0.15) is 20.8 Å². The Morgan fingerprint density at radius 2 is 1.85 bits per heavy atom. The number of carbonyl (C=O) groups is 1. The molecule has 0 aliphatic rings. The molecule has 2 heterocycles. The Kier molecular flexibility index (Phi) is 4.29. The molecule has 7 heteroatoms. The Labute approximate surface area is 159 Å². The number of aromatic nitrogens is 3. The Morgan fingerprint density at radius 1 is 1.07 bits per heavy atom. The van der Waals surface area contributed by atoms with E-state index in [9.17, 15) is 9.59 Å². The van der Waals surface area contributed by atoms with Crippen LogP contribution in [-0.2, 0) is 0 Å². The van der Waals surface area contributed by atoms with Crippen molar-refractivity contribution in [2.45, 2.75) is 13.8 Å². The van der Waals surface area contributed by atoms with E-state index >= 15 is 0 Å². The van der Waals surface area contributed by atoms with Crippen molar-refractivity contribution >= 4 is 27.9 Å². The first kappa shape index (κ1) is 17.1. The van der Waals surface area contributed by atoms with Gasteiger partial charge in [-0.05, 0) is 31.0 Å². The van der Waals surface area contributed by atoms with Gasteiger partial charge in [0.25, 0.3) is 5.91 Å². The minimum absolute atomic E-state index is 0.255. The van der Waals surface area contributed by atoms with Gasteiger partial charge in [-0.2, -0.15) is 10.1 Å². The number of hydrogen-bond donors (Lipinski definition) is 1. The van der Waals surface area contributed by atoms with Crippen molar-refractivity contribution in [3.8, 4) is 11.3 Å². The van der Waals surface area contributed by atoms with Crippen molar-refractivity contribution < 1.29 is 4.79 Å². The zero-order chi connectivity index (χ0) is 19.0. The van der Waals surface area contributed by atoms with E-state index < -0.39 is 5.56 Å². The number of fused-ring (bicyclic) bond motifs is 1. The summed E-state index contributed by atoms with van der Waals surface area (Å²) in [5.74, 6) is -0.255. The molecule has 0 aliphatic heterocycles. The summed E-state index contributed by atoms with van der Waals surface area (Å²) in [4.78, 5) is 29.8. The normalized spacial score (nSPS) is 10.9. The van der Waals surface area contributed by atoms with Crippen LogP contribution in [0.3, 0.4) is 0 Å². The summed E-state index contributed by atoms with van der Waals surface area (Å²) in [7, 11) is 0. The molecule has 0 radical (unpaired) electrons. The van der Waals surface area contributed by atoms with Crippen LogP contribution in [0, 0.1) is 13.8 Å². The van der Waals surface area contributed by atoms with E-state index in [1.54, 1.807) is 18.3 Å². The molecule has 6 nitrogen and oxygen atoms in total. The van der Waals surface area contributed by atoms with Crippen LogP contribution in [0.25, 0.3) is 16.2 Å². The molecule has 0 bridgehead atoms. The van der Waals surface area contributed by atoms with Gasteiger partial charge in [-0.1, -0.05) is 53.8 Å². The maximum atomic E-state index is 12.6. The fourth-order valence-electron chi connectivity index (χ4n) is 2.73. The van der Waals surface area contributed by atoms with Gasteiger partial charge in [-0.25, -0.2) is 4.52 Å². The number of anilines is 1. The van der Waals surface area contributed by atoms with Crippen LogP contribution in [0.4, 0.5) is 5.69 Å². The number of carbonyl (C=O) groups excluding carboxylic acids is 1. The summed E-state index contributed by atoms with van der Waals surface area (Å²) in [6, 6.07) is 14.9. The SMILES string of the molecule is Cc1cccc(NC(=O)c2cn3nc(-c4ccccc4)c(=O)nc3s2)c1C. The van der Waals surface area contributed by atoms with E-state index in [4.69, 9.17) is 0 Å². The number of thiazole rings is 1. The zero-order valence-electron chi connectivity index (χ0n) is 14.8. The smallest absolute Gasteiger partial charge is 0.300 e. The quantitative estimate of drug-likeness (QED) is 0.592. The average Bonchev–Trinajstić information content (AvgIpc) is 3.08. The van der Waals surface area contributed by atoms with Crippen molar-refractivity contribution in [2.24, 2.45) is 0 Å². The van der Waals surface area contributed by atoms with Gasteiger partial charge in [0.05, 0.1) is 6.20 Å². The molecule has 0 saturated heterocycles. The predicted octanol–water partition coefficient (Wildman–Crippen LogP) is 3.69. The van der Waals surface area contributed by atoms with E-state index in [2.05, 4.69) is 15.4 Å². The van der Waals surface area contributed by atoms with E-state index in [0.29, 0.717) is 15.4 Å². The van der Waals surface area contributed by atoms with Gasteiger partial charge in [0.1, 0.15) is 4.88 Å². The molecule has 1 amide bonds. The maximum absolute atomic E-state index is 12.6. The summed E-state index contributed by atoms with van der Waals surface area (Å²) < 4.78 is 1.48. The Bertz CT molecular complexity index is 1210. The van der Waals surface area contributed by atoms with Gasteiger partial charge in [-0.3, -0.25) is 9.59 Å². The van der Waals surface area contributed by atoms with Crippen molar-refractivity contribution in [3.05, 3.63) is 81.1 Å². The lowest BCUT2D eigenvalue weighted by molar-refractivity contribution is 0.103. The second kappa shape index (κ2) is 6.77. The predicted molar refractivity (Wildman–Crippen MR) is 106 cm³/mol. The van der Waals surface area contributed by atoms with Crippen molar-refractivity contribution in [3.63, 3.8) is 0 Å². The lowest BCUT2D eigenvalue weighted by Crippen LogP contribution is -2.14. The molecule has 0 spiro atoms. The highest BCUT2D eigenvalue weighted by molar-refractivity contribution is 7.18. The second-order valence-electron chi connectivity index (χ2n) is 6.16. The van der Waals surface area contributed by atoms with E-state index in [0.717, 1.165) is 28.2 Å². The van der Waals surface area contributed by atoms with Crippen molar-refractivity contribution in [1.29, 1.82) is 0 Å². The molecule has 0 saturated carbocycles.